The zero-order valence-electron chi connectivity index (χ0n) is 19.8. The average Bonchev–Trinajstić information content (AvgIpc) is 2.80. The van der Waals surface area contributed by atoms with Crippen molar-refractivity contribution < 1.29 is 9.53 Å². The van der Waals surface area contributed by atoms with E-state index in [1.54, 1.807) is 4.90 Å². The first-order valence-corrected chi connectivity index (χ1v) is 12.1. The predicted octanol–water partition coefficient (Wildman–Crippen LogP) is 2.42. The van der Waals surface area contributed by atoms with E-state index in [1.165, 1.54) is 11.3 Å². The number of piperidine rings is 1. The molecule has 0 unspecified atom stereocenters. The van der Waals surface area contributed by atoms with Crippen molar-refractivity contribution in [2.75, 3.05) is 63.9 Å². The van der Waals surface area contributed by atoms with Crippen LogP contribution in [0.5, 0.6) is 0 Å². The minimum atomic E-state index is -0.218. The predicted molar refractivity (Wildman–Crippen MR) is 130 cm³/mol. The Morgan fingerprint density at radius 3 is 2.59 bits per heavy atom. The second-order valence-corrected chi connectivity index (χ2v) is 8.75. The Hall–Kier alpha value is -2.48. The van der Waals surface area contributed by atoms with Gasteiger partial charge in [-0.2, -0.15) is 0 Å². The van der Waals surface area contributed by atoms with E-state index in [0.717, 1.165) is 65.0 Å². The monoisotopic (exact) mass is 444 g/mol. The molecule has 2 saturated heterocycles. The molecule has 0 bridgehead atoms. The van der Waals surface area contributed by atoms with Crippen LogP contribution in [0.15, 0.2) is 29.3 Å². The fraction of sp³-hybridized carbons (Fsp3) is 0.667. The van der Waals surface area contributed by atoms with E-state index in [4.69, 9.17) is 10.5 Å². The number of carbonyl (C=O) groups is 1. The number of likely N-dealkylation sites (tertiary alicyclic amines) is 1. The average molecular weight is 445 g/mol. The summed E-state index contributed by atoms with van der Waals surface area (Å²) in [7, 11) is 0. The molecule has 2 aliphatic heterocycles. The zero-order valence-corrected chi connectivity index (χ0v) is 19.8. The highest BCUT2D eigenvalue weighted by Gasteiger charge is 2.23. The van der Waals surface area contributed by atoms with Gasteiger partial charge in [0.25, 0.3) is 0 Å². The number of aryl methyl sites for hydroxylation is 1. The Kier molecular flexibility index (Phi) is 9.46. The van der Waals surface area contributed by atoms with Gasteiger partial charge >= 0.3 is 6.09 Å². The molecule has 2 aliphatic rings. The van der Waals surface area contributed by atoms with Crippen molar-refractivity contribution in [3.8, 4) is 0 Å². The largest absolute Gasteiger partial charge is 0.450 e. The van der Waals surface area contributed by atoms with Crippen LogP contribution in [0.1, 0.15) is 38.2 Å². The van der Waals surface area contributed by atoms with Crippen molar-refractivity contribution in [2.45, 2.75) is 45.6 Å². The molecule has 0 atom stereocenters. The number of rotatable bonds is 8. The Labute approximate surface area is 192 Å². The molecular formula is C24H40N6O2. The number of benzene rings is 1. The Balaban J connectivity index is 1.25. The van der Waals surface area contributed by atoms with Gasteiger partial charge in [-0.15, -0.1) is 0 Å². The van der Waals surface area contributed by atoms with Gasteiger partial charge in [-0.05, 0) is 63.8 Å². The highest BCUT2D eigenvalue weighted by molar-refractivity contribution is 5.78. The van der Waals surface area contributed by atoms with Crippen LogP contribution >= 0.6 is 0 Å². The van der Waals surface area contributed by atoms with Crippen LogP contribution in [0.3, 0.4) is 0 Å². The number of unbranched alkanes of at least 4 members (excludes halogenated alkanes) is 1. The first kappa shape index (κ1) is 24.2. The number of amides is 1. The fourth-order valence-electron chi connectivity index (χ4n) is 4.38. The number of aliphatic imine (C=N–C) groups is 1. The van der Waals surface area contributed by atoms with Gasteiger partial charge in [0.1, 0.15) is 0 Å². The molecule has 8 heteroatoms. The Bertz CT molecular complexity index is 740. The van der Waals surface area contributed by atoms with Crippen LogP contribution in [-0.4, -0.2) is 86.9 Å². The molecule has 0 aliphatic carbocycles. The normalized spacial score (nSPS) is 18.6. The molecule has 0 spiro atoms. The zero-order chi connectivity index (χ0) is 22.8. The summed E-state index contributed by atoms with van der Waals surface area (Å²) in [4.78, 5) is 23.1. The second kappa shape index (κ2) is 12.5. The third-order valence-corrected chi connectivity index (χ3v) is 6.28. The van der Waals surface area contributed by atoms with Crippen LogP contribution < -0.4 is 16.0 Å². The molecule has 0 saturated carbocycles. The third-order valence-electron chi connectivity index (χ3n) is 6.28. The van der Waals surface area contributed by atoms with E-state index in [0.29, 0.717) is 25.7 Å². The molecule has 3 rings (SSSR count). The molecule has 2 heterocycles. The van der Waals surface area contributed by atoms with Crippen molar-refractivity contribution in [2.24, 2.45) is 10.7 Å². The lowest BCUT2D eigenvalue weighted by atomic mass is 10.1. The van der Waals surface area contributed by atoms with E-state index in [1.807, 2.05) is 6.92 Å². The van der Waals surface area contributed by atoms with Gasteiger partial charge in [0.2, 0.25) is 0 Å². The maximum absolute atomic E-state index is 11.8. The van der Waals surface area contributed by atoms with E-state index in [9.17, 15) is 4.79 Å². The van der Waals surface area contributed by atoms with E-state index in [2.05, 4.69) is 51.3 Å². The van der Waals surface area contributed by atoms with Gasteiger partial charge < -0.3 is 25.6 Å². The van der Waals surface area contributed by atoms with Gasteiger partial charge in [-0.25, -0.2) is 4.79 Å². The third kappa shape index (κ3) is 7.58. The molecule has 1 aromatic carbocycles. The van der Waals surface area contributed by atoms with Crippen molar-refractivity contribution >= 4 is 17.7 Å². The molecular weight excluding hydrogens is 404 g/mol. The number of nitrogens with one attached hydrogen (secondary N) is 1. The van der Waals surface area contributed by atoms with Crippen molar-refractivity contribution in [1.29, 1.82) is 0 Å². The summed E-state index contributed by atoms with van der Waals surface area (Å²) in [6.07, 6.45) is 3.69. The number of hydrogen-bond donors (Lipinski definition) is 2. The van der Waals surface area contributed by atoms with Gasteiger partial charge in [-0.1, -0.05) is 12.1 Å². The number of hydrogen-bond acceptors (Lipinski definition) is 5. The molecule has 2 fully saturated rings. The topological polar surface area (TPSA) is 86.4 Å². The van der Waals surface area contributed by atoms with E-state index >= 15 is 0 Å². The molecule has 0 radical (unpaired) electrons. The lowest BCUT2D eigenvalue weighted by Crippen LogP contribution is -2.48. The molecule has 8 nitrogen and oxygen atoms in total. The summed E-state index contributed by atoms with van der Waals surface area (Å²) in [6, 6.07) is 9.05. The highest BCUT2D eigenvalue weighted by atomic mass is 16.6. The summed E-state index contributed by atoms with van der Waals surface area (Å²) >= 11 is 0. The van der Waals surface area contributed by atoms with Crippen LogP contribution in [0.25, 0.3) is 0 Å². The standard InChI is InChI=1S/C24H40N6O2/c1-3-32-24(31)30-13-9-21(10-14-30)27-23(25)26-11-4-5-12-28-15-17-29(18-16-28)22-8-6-7-20(2)19-22/h6-8,19,21H,3-5,9-18H2,1-2H3,(H3,25,26,27). The number of anilines is 1. The van der Waals surface area contributed by atoms with Crippen LogP contribution in [0.4, 0.5) is 10.5 Å². The SMILES string of the molecule is CCOC(=O)N1CCC(NC(N)=NCCCCN2CCN(c3cccc(C)c3)CC2)CC1. The number of guanidine groups is 1. The maximum Gasteiger partial charge on any atom is 0.409 e. The Morgan fingerprint density at radius 1 is 1.16 bits per heavy atom. The number of carbonyl (C=O) groups excluding carboxylic acids is 1. The number of nitrogens with zero attached hydrogens (tertiary/aromatic N) is 4. The second-order valence-electron chi connectivity index (χ2n) is 8.75. The summed E-state index contributed by atoms with van der Waals surface area (Å²) < 4.78 is 5.06. The smallest absolute Gasteiger partial charge is 0.409 e. The molecule has 178 valence electrons. The van der Waals surface area contributed by atoms with E-state index in [-0.39, 0.29) is 12.1 Å². The van der Waals surface area contributed by atoms with Gasteiger partial charge in [0, 0.05) is 57.5 Å². The quantitative estimate of drug-likeness (QED) is 0.364. The minimum Gasteiger partial charge on any atom is -0.450 e. The summed E-state index contributed by atoms with van der Waals surface area (Å²) in [5.41, 5.74) is 8.73. The van der Waals surface area contributed by atoms with Crippen molar-refractivity contribution in [3.63, 3.8) is 0 Å². The molecule has 0 aromatic heterocycles. The fourth-order valence-corrected chi connectivity index (χ4v) is 4.38. The number of piperazine rings is 1. The van der Waals surface area contributed by atoms with Gasteiger partial charge in [-0.3, -0.25) is 9.89 Å². The first-order valence-electron chi connectivity index (χ1n) is 12.1. The first-order chi connectivity index (χ1) is 15.5. The molecule has 3 N–H and O–H groups in total. The van der Waals surface area contributed by atoms with Crippen LogP contribution in [0.2, 0.25) is 0 Å². The molecule has 32 heavy (non-hydrogen) atoms. The molecule has 1 amide bonds. The lowest BCUT2D eigenvalue weighted by molar-refractivity contribution is 0.0963. The van der Waals surface area contributed by atoms with E-state index < -0.39 is 0 Å². The van der Waals surface area contributed by atoms with Crippen LogP contribution in [0, 0.1) is 6.92 Å². The number of ether oxygens (including phenoxy) is 1. The number of nitrogens with two attached hydrogens (primary N) is 1. The summed E-state index contributed by atoms with van der Waals surface area (Å²) in [5.74, 6) is 0.520. The van der Waals surface area contributed by atoms with Crippen LogP contribution in [-0.2, 0) is 4.74 Å². The van der Waals surface area contributed by atoms with Gasteiger partial charge in [0.15, 0.2) is 5.96 Å². The van der Waals surface area contributed by atoms with Crippen molar-refractivity contribution in [3.05, 3.63) is 29.8 Å². The van der Waals surface area contributed by atoms with Crippen molar-refractivity contribution in [1.82, 2.24) is 15.1 Å². The molecule has 1 aromatic rings. The van der Waals surface area contributed by atoms with Gasteiger partial charge in [0.05, 0.1) is 6.61 Å². The summed E-state index contributed by atoms with van der Waals surface area (Å²) in [6.45, 7) is 12.1. The maximum atomic E-state index is 11.8. The summed E-state index contributed by atoms with van der Waals surface area (Å²) in [5, 5.41) is 3.31. The lowest BCUT2D eigenvalue weighted by Gasteiger charge is -2.36. The minimum absolute atomic E-state index is 0.218. The highest BCUT2D eigenvalue weighted by Crippen LogP contribution is 2.18. The Morgan fingerprint density at radius 2 is 1.91 bits per heavy atom.